The van der Waals surface area contributed by atoms with E-state index >= 15 is 0 Å². The molecule has 0 aromatic heterocycles. The van der Waals surface area contributed by atoms with E-state index in [1.165, 1.54) is 19.3 Å². The monoisotopic (exact) mass is 231 g/mol. The summed E-state index contributed by atoms with van der Waals surface area (Å²) in [5.74, 6) is 0.290. The van der Waals surface area contributed by atoms with Gasteiger partial charge in [-0.3, -0.25) is 0 Å². The first-order valence-corrected chi connectivity index (χ1v) is 5.92. The number of amidine groups is 1. The Kier molecular flexibility index (Phi) is 10.2. The van der Waals surface area contributed by atoms with Gasteiger partial charge in [0.25, 0.3) is 0 Å². The van der Waals surface area contributed by atoms with Crippen LogP contribution in [0.1, 0.15) is 32.6 Å². The maximum absolute atomic E-state index is 8.46. The van der Waals surface area contributed by atoms with Crippen molar-refractivity contribution in [2.75, 3.05) is 33.4 Å². The second kappa shape index (κ2) is 10.7. The Morgan fingerprint density at radius 2 is 2.06 bits per heavy atom. The number of oxime groups is 1. The Morgan fingerprint density at radius 3 is 2.62 bits per heavy atom. The van der Waals surface area contributed by atoms with Crippen LogP contribution >= 0.6 is 0 Å². The summed E-state index contributed by atoms with van der Waals surface area (Å²) in [5.41, 5.74) is 5.45. The Bertz CT molecular complexity index is 186. The average Bonchev–Trinajstić information content (AvgIpc) is 2.31. The number of unbranched alkanes of at least 4 members (excludes halogenated alkanes) is 2. The Hall–Kier alpha value is -0.810. The minimum absolute atomic E-state index is 0.290. The maximum Gasteiger partial charge on any atom is 0.140 e. The van der Waals surface area contributed by atoms with E-state index in [4.69, 9.17) is 15.7 Å². The number of hydrogen-bond donors (Lipinski definition) is 2. The van der Waals surface area contributed by atoms with E-state index in [9.17, 15) is 0 Å². The number of hydrogen-bond acceptors (Lipinski definition) is 4. The summed E-state index contributed by atoms with van der Waals surface area (Å²) >= 11 is 0. The predicted molar refractivity (Wildman–Crippen MR) is 65.9 cm³/mol. The molecule has 0 saturated carbocycles. The molecule has 0 aromatic rings. The molecule has 96 valence electrons. The Morgan fingerprint density at radius 1 is 1.31 bits per heavy atom. The summed E-state index contributed by atoms with van der Waals surface area (Å²) in [4.78, 5) is 2.29. The second-order valence-corrected chi connectivity index (χ2v) is 3.88. The van der Waals surface area contributed by atoms with Crippen LogP contribution in [0.25, 0.3) is 0 Å². The first-order valence-electron chi connectivity index (χ1n) is 5.92. The molecule has 0 aliphatic heterocycles. The lowest BCUT2D eigenvalue weighted by atomic mass is 10.2. The molecule has 0 rings (SSSR count). The molecule has 0 aliphatic rings. The molecule has 0 aliphatic carbocycles. The molecule has 16 heavy (non-hydrogen) atoms. The number of rotatable bonds is 10. The van der Waals surface area contributed by atoms with Crippen LogP contribution in [0.15, 0.2) is 5.16 Å². The fourth-order valence-electron chi connectivity index (χ4n) is 1.46. The van der Waals surface area contributed by atoms with E-state index in [2.05, 4.69) is 17.0 Å². The van der Waals surface area contributed by atoms with Crippen molar-refractivity contribution in [2.45, 2.75) is 32.6 Å². The van der Waals surface area contributed by atoms with Crippen molar-refractivity contribution in [3.8, 4) is 0 Å². The third-order valence-electron chi connectivity index (χ3n) is 2.50. The lowest BCUT2D eigenvalue weighted by Gasteiger charge is -2.21. The molecule has 0 saturated heterocycles. The van der Waals surface area contributed by atoms with E-state index in [-0.39, 0.29) is 5.84 Å². The maximum atomic E-state index is 8.46. The highest BCUT2D eigenvalue weighted by atomic mass is 16.5. The summed E-state index contributed by atoms with van der Waals surface area (Å²) in [6, 6.07) is 0. The zero-order valence-corrected chi connectivity index (χ0v) is 10.5. The smallest absolute Gasteiger partial charge is 0.140 e. The van der Waals surface area contributed by atoms with Crippen molar-refractivity contribution in [3.63, 3.8) is 0 Å². The van der Waals surface area contributed by atoms with Crippen LogP contribution < -0.4 is 5.73 Å². The van der Waals surface area contributed by atoms with Gasteiger partial charge < -0.3 is 20.6 Å². The SMILES string of the molecule is CCCCCN(CCOC)CCC(N)=NO. The highest BCUT2D eigenvalue weighted by Crippen LogP contribution is 1.99. The topological polar surface area (TPSA) is 71.1 Å². The number of ether oxygens (including phenoxy) is 1. The first kappa shape index (κ1) is 15.2. The van der Waals surface area contributed by atoms with Crippen LogP contribution in [-0.2, 0) is 4.74 Å². The van der Waals surface area contributed by atoms with Gasteiger partial charge in [-0.1, -0.05) is 24.9 Å². The zero-order valence-electron chi connectivity index (χ0n) is 10.5. The van der Waals surface area contributed by atoms with Gasteiger partial charge in [0, 0.05) is 26.6 Å². The highest BCUT2D eigenvalue weighted by Gasteiger charge is 2.05. The van der Waals surface area contributed by atoms with Crippen LogP contribution in [0.2, 0.25) is 0 Å². The standard InChI is InChI=1S/C11H25N3O2/c1-3-4-5-7-14(9-10-16-2)8-6-11(12)13-15/h15H,3-10H2,1-2H3,(H2,12,13). The van der Waals surface area contributed by atoms with Gasteiger partial charge in [0.1, 0.15) is 5.84 Å². The van der Waals surface area contributed by atoms with E-state index in [0.717, 1.165) is 26.2 Å². The van der Waals surface area contributed by atoms with Crippen LogP contribution in [0.5, 0.6) is 0 Å². The summed E-state index contributed by atoms with van der Waals surface area (Å²) < 4.78 is 5.06. The minimum Gasteiger partial charge on any atom is -0.409 e. The van der Waals surface area contributed by atoms with E-state index in [0.29, 0.717) is 6.42 Å². The van der Waals surface area contributed by atoms with E-state index < -0.39 is 0 Å². The van der Waals surface area contributed by atoms with Crippen molar-refractivity contribution in [3.05, 3.63) is 0 Å². The molecule has 0 unspecified atom stereocenters. The van der Waals surface area contributed by atoms with Crippen LogP contribution in [0.4, 0.5) is 0 Å². The number of nitrogens with two attached hydrogens (primary N) is 1. The molecule has 0 spiro atoms. The molecule has 0 heterocycles. The summed E-state index contributed by atoms with van der Waals surface area (Å²) in [5, 5.41) is 11.4. The molecular weight excluding hydrogens is 206 g/mol. The molecule has 5 heteroatoms. The van der Waals surface area contributed by atoms with Crippen molar-refractivity contribution in [1.82, 2.24) is 4.90 Å². The predicted octanol–water partition coefficient (Wildman–Crippen LogP) is 1.26. The average molecular weight is 231 g/mol. The van der Waals surface area contributed by atoms with Gasteiger partial charge in [0.15, 0.2) is 0 Å². The largest absolute Gasteiger partial charge is 0.409 e. The third kappa shape index (κ3) is 8.49. The number of nitrogens with zero attached hydrogens (tertiary/aromatic N) is 2. The van der Waals surface area contributed by atoms with Crippen LogP contribution in [0.3, 0.4) is 0 Å². The summed E-state index contributed by atoms with van der Waals surface area (Å²) in [7, 11) is 1.70. The molecule has 0 fully saturated rings. The molecule has 0 atom stereocenters. The van der Waals surface area contributed by atoms with Gasteiger partial charge in [-0.05, 0) is 13.0 Å². The minimum atomic E-state index is 0.290. The van der Waals surface area contributed by atoms with Gasteiger partial charge in [0.05, 0.1) is 6.61 Å². The quantitative estimate of drug-likeness (QED) is 0.195. The van der Waals surface area contributed by atoms with E-state index in [1.54, 1.807) is 7.11 Å². The van der Waals surface area contributed by atoms with Gasteiger partial charge >= 0.3 is 0 Å². The Labute approximate surface area is 98.2 Å². The van der Waals surface area contributed by atoms with Crippen molar-refractivity contribution >= 4 is 5.84 Å². The van der Waals surface area contributed by atoms with Gasteiger partial charge in [-0.25, -0.2) is 0 Å². The molecule has 3 N–H and O–H groups in total. The first-order chi connectivity index (χ1) is 7.74. The molecule has 0 amide bonds. The van der Waals surface area contributed by atoms with Gasteiger partial charge in [0.2, 0.25) is 0 Å². The van der Waals surface area contributed by atoms with Crippen molar-refractivity contribution in [2.24, 2.45) is 10.9 Å². The Balaban J connectivity index is 3.79. The lowest BCUT2D eigenvalue weighted by Crippen LogP contribution is -2.32. The van der Waals surface area contributed by atoms with Crippen molar-refractivity contribution < 1.29 is 9.94 Å². The van der Waals surface area contributed by atoms with E-state index in [1.807, 2.05) is 0 Å². The highest BCUT2D eigenvalue weighted by molar-refractivity contribution is 5.79. The zero-order chi connectivity index (χ0) is 12.2. The fourth-order valence-corrected chi connectivity index (χ4v) is 1.46. The molecule has 5 nitrogen and oxygen atoms in total. The molecule has 0 radical (unpaired) electrons. The van der Waals surface area contributed by atoms with Crippen molar-refractivity contribution in [1.29, 1.82) is 0 Å². The normalized spacial score (nSPS) is 12.3. The van der Waals surface area contributed by atoms with Crippen LogP contribution in [0, 0.1) is 0 Å². The summed E-state index contributed by atoms with van der Waals surface area (Å²) in [6.45, 7) is 5.69. The summed E-state index contributed by atoms with van der Waals surface area (Å²) in [6.07, 6.45) is 4.26. The van der Waals surface area contributed by atoms with Gasteiger partial charge in [-0.15, -0.1) is 0 Å². The molecule has 0 bridgehead atoms. The molecule has 0 aromatic carbocycles. The molecular formula is C11H25N3O2. The van der Waals surface area contributed by atoms with Crippen LogP contribution in [-0.4, -0.2) is 49.3 Å². The second-order valence-electron chi connectivity index (χ2n) is 3.88. The third-order valence-corrected chi connectivity index (χ3v) is 2.50. The lowest BCUT2D eigenvalue weighted by molar-refractivity contribution is 0.148. The fraction of sp³-hybridized carbons (Fsp3) is 0.909. The number of methoxy groups -OCH3 is 1. The van der Waals surface area contributed by atoms with Gasteiger partial charge in [-0.2, -0.15) is 0 Å².